The van der Waals surface area contributed by atoms with Gasteiger partial charge in [0.25, 0.3) is 3.79 Å². The summed E-state index contributed by atoms with van der Waals surface area (Å²) in [6.07, 6.45) is 2.95. The van der Waals surface area contributed by atoms with Gasteiger partial charge >= 0.3 is 0 Å². The Kier molecular flexibility index (Phi) is 3.10. The lowest BCUT2D eigenvalue weighted by atomic mass is 10.4. The third kappa shape index (κ3) is 2.39. The fourth-order valence-electron chi connectivity index (χ4n) is 0.606. The lowest BCUT2D eigenvalue weighted by Crippen LogP contribution is -2.06. The highest BCUT2D eigenvalue weighted by Gasteiger charge is 2.31. The summed E-state index contributed by atoms with van der Waals surface area (Å²) in [4.78, 5) is 3.73. The minimum absolute atomic E-state index is 0.141. The quantitative estimate of drug-likeness (QED) is 0.484. The molecule has 1 aliphatic rings. The van der Waals surface area contributed by atoms with E-state index in [4.69, 9.17) is 34.8 Å². The second kappa shape index (κ2) is 3.58. The van der Waals surface area contributed by atoms with Crippen LogP contribution in [-0.2, 0) is 5.11 Å². The van der Waals surface area contributed by atoms with Gasteiger partial charge in [0.2, 0.25) is 5.76 Å². The Bertz CT molecular complexity index is 290. The van der Waals surface area contributed by atoms with E-state index in [9.17, 15) is 5.11 Å². The van der Waals surface area contributed by atoms with Crippen LogP contribution >= 0.6 is 50.7 Å². The molecule has 1 heterocycles. The molecule has 6 heteroatoms. The molecule has 0 aromatic carbocycles. The van der Waals surface area contributed by atoms with Crippen molar-refractivity contribution in [3.8, 4) is 0 Å². The first-order valence-electron chi connectivity index (χ1n) is 2.81. The van der Waals surface area contributed by atoms with E-state index >= 15 is 0 Å². The van der Waals surface area contributed by atoms with Crippen molar-refractivity contribution in [1.29, 1.82) is 0 Å². The highest BCUT2D eigenvalue weighted by molar-refractivity contribution is 9.12. The van der Waals surface area contributed by atoms with Crippen molar-refractivity contribution in [3.05, 3.63) is 22.0 Å². The molecular weight excluding hydrogens is 288 g/mol. The van der Waals surface area contributed by atoms with E-state index in [1.807, 2.05) is 0 Å². The molecule has 65 valence electrons. The van der Waals surface area contributed by atoms with Crippen LogP contribution in [0.5, 0.6) is 0 Å². The zero-order valence-electron chi connectivity index (χ0n) is 5.52. The molecule has 0 bridgehead atoms. The van der Waals surface area contributed by atoms with Gasteiger partial charge in [0.05, 0.1) is 0 Å². The maximum Gasteiger partial charge on any atom is 0.255 e. The number of rotatable bonds is 0. The fourth-order valence-corrected chi connectivity index (χ4v) is 1.22. The summed E-state index contributed by atoms with van der Waals surface area (Å²) >= 11 is 19.2. The normalized spacial score (nSPS) is 21.2. The molecule has 1 rings (SSSR count). The third-order valence-electron chi connectivity index (χ3n) is 1.09. The number of halogens is 4. The topological polar surface area (TPSA) is 32.3 Å². The second-order valence-electron chi connectivity index (χ2n) is 2.00. The Hall–Kier alpha value is 0.300. The Balaban J connectivity index is 3.03. The molecule has 0 atom stereocenters. The van der Waals surface area contributed by atoms with Crippen LogP contribution in [-0.4, -0.2) is 10.0 Å². The van der Waals surface area contributed by atoms with Crippen LogP contribution in [0, 0.1) is 0 Å². The molecule has 0 amide bonds. The average Bonchev–Trinajstić information content (AvgIpc) is 2.32. The van der Waals surface area contributed by atoms with Crippen molar-refractivity contribution in [1.82, 2.24) is 0 Å². The van der Waals surface area contributed by atoms with Crippen molar-refractivity contribution in [2.45, 2.75) is 3.79 Å². The molecule has 1 radical (unpaired) electrons. The third-order valence-corrected chi connectivity index (χ3v) is 2.04. The Morgan fingerprint density at radius 3 is 2.42 bits per heavy atom. The van der Waals surface area contributed by atoms with Crippen LogP contribution in [0.2, 0.25) is 0 Å². The standard InChI is InChI=1S/C6H2BrCl3NO/c7-3-1-4(11-2-3)5(12)6(8,9)10/h1-2H. The van der Waals surface area contributed by atoms with E-state index in [2.05, 4.69) is 20.9 Å². The second-order valence-corrected chi connectivity index (χ2v) is 5.20. The molecule has 0 spiro atoms. The van der Waals surface area contributed by atoms with Crippen LogP contribution in [0.1, 0.15) is 0 Å². The van der Waals surface area contributed by atoms with E-state index < -0.39 is 9.55 Å². The predicted molar refractivity (Wildman–Crippen MR) is 53.5 cm³/mol. The molecule has 0 fully saturated rings. The summed E-state index contributed by atoms with van der Waals surface area (Å²) < 4.78 is -1.25. The van der Waals surface area contributed by atoms with Crippen LogP contribution in [0.4, 0.5) is 0 Å². The SMILES string of the molecule is [O]C(=C1C=C(Br)C=N1)C(Cl)(Cl)Cl. The molecule has 1 aliphatic heterocycles. The Morgan fingerprint density at radius 2 is 2.08 bits per heavy atom. The summed E-state index contributed by atoms with van der Waals surface area (Å²) in [5.41, 5.74) is 0.141. The fraction of sp³-hybridized carbons (Fsp3) is 0.167. The van der Waals surface area contributed by atoms with E-state index in [0.717, 1.165) is 0 Å². The van der Waals surface area contributed by atoms with Gasteiger partial charge in [-0.05, 0) is 22.0 Å². The highest BCUT2D eigenvalue weighted by atomic mass is 79.9. The van der Waals surface area contributed by atoms with Crippen molar-refractivity contribution in [2.24, 2.45) is 4.99 Å². The lowest BCUT2D eigenvalue weighted by molar-refractivity contribution is 0.286. The average molecular weight is 290 g/mol. The molecule has 0 N–H and O–H groups in total. The van der Waals surface area contributed by atoms with Gasteiger partial charge in [0, 0.05) is 10.7 Å². The summed E-state index contributed by atoms with van der Waals surface area (Å²) in [7, 11) is 0. The maximum absolute atomic E-state index is 11.2. The first-order chi connectivity index (χ1) is 5.41. The van der Waals surface area contributed by atoms with Crippen LogP contribution in [0.15, 0.2) is 27.0 Å². The van der Waals surface area contributed by atoms with Gasteiger partial charge in [-0.15, -0.1) is 0 Å². The van der Waals surface area contributed by atoms with Crippen LogP contribution in [0.3, 0.4) is 0 Å². The predicted octanol–water partition coefficient (Wildman–Crippen LogP) is 3.36. The van der Waals surface area contributed by atoms with Crippen molar-refractivity contribution in [3.63, 3.8) is 0 Å². The molecule has 12 heavy (non-hydrogen) atoms. The van der Waals surface area contributed by atoms with E-state index in [0.29, 0.717) is 4.48 Å². The number of alkyl halides is 3. The molecule has 0 aliphatic carbocycles. The van der Waals surface area contributed by atoms with Gasteiger partial charge in [-0.3, -0.25) is 10.1 Å². The molecule has 0 saturated carbocycles. The zero-order valence-corrected chi connectivity index (χ0v) is 9.38. The number of aliphatic imine (C=N–C) groups is 1. The molecule has 0 saturated heterocycles. The van der Waals surface area contributed by atoms with E-state index in [1.54, 1.807) is 0 Å². The minimum Gasteiger partial charge on any atom is -0.288 e. The Labute approximate surface area is 92.6 Å². The van der Waals surface area contributed by atoms with E-state index in [-0.39, 0.29) is 5.70 Å². The van der Waals surface area contributed by atoms with Gasteiger partial charge in [0.15, 0.2) is 0 Å². The highest BCUT2D eigenvalue weighted by Crippen LogP contribution is 2.36. The first kappa shape index (κ1) is 10.4. The minimum atomic E-state index is -1.93. The van der Waals surface area contributed by atoms with Gasteiger partial charge in [-0.2, -0.15) is 0 Å². The zero-order chi connectivity index (χ0) is 9.35. The number of hydrogen-bond acceptors (Lipinski definition) is 1. The Morgan fingerprint density at radius 1 is 1.50 bits per heavy atom. The smallest absolute Gasteiger partial charge is 0.255 e. The summed E-state index contributed by atoms with van der Waals surface area (Å²) in [6.45, 7) is 0. The maximum atomic E-state index is 11.2. The summed E-state index contributed by atoms with van der Waals surface area (Å²) in [5.74, 6) is -0.627. The summed E-state index contributed by atoms with van der Waals surface area (Å²) in [5, 5.41) is 11.2. The van der Waals surface area contributed by atoms with Crippen molar-refractivity contribution < 1.29 is 5.11 Å². The summed E-state index contributed by atoms with van der Waals surface area (Å²) in [6, 6.07) is 0. The van der Waals surface area contributed by atoms with Crippen molar-refractivity contribution in [2.75, 3.05) is 0 Å². The van der Waals surface area contributed by atoms with E-state index in [1.165, 1.54) is 12.3 Å². The van der Waals surface area contributed by atoms with Gasteiger partial charge < -0.3 is 0 Å². The first-order valence-corrected chi connectivity index (χ1v) is 4.73. The number of hydrogen-bond donors (Lipinski definition) is 0. The molecular formula is C6H2BrCl3NO. The molecule has 0 aromatic heterocycles. The molecule has 2 nitrogen and oxygen atoms in total. The van der Waals surface area contributed by atoms with Crippen molar-refractivity contribution >= 4 is 56.9 Å². The number of allylic oxidation sites excluding steroid dienone is 3. The van der Waals surface area contributed by atoms with Crippen LogP contribution in [0.25, 0.3) is 0 Å². The van der Waals surface area contributed by atoms with Gasteiger partial charge in [0.1, 0.15) is 5.70 Å². The van der Waals surface area contributed by atoms with Gasteiger partial charge in [-0.25, -0.2) is 0 Å². The molecule has 0 unspecified atom stereocenters. The monoisotopic (exact) mass is 288 g/mol. The van der Waals surface area contributed by atoms with Crippen LogP contribution < -0.4 is 0 Å². The number of nitrogens with zero attached hydrogens (tertiary/aromatic N) is 1. The lowest BCUT2D eigenvalue weighted by Gasteiger charge is -2.06. The van der Waals surface area contributed by atoms with Gasteiger partial charge in [-0.1, -0.05) is 34.8 Å². The largest absolute Gasteiger partial charge is 0.288 e. The molecule has 0 aromatic rings.